The molecule has 1 aliphatic rings. The molecule has 84 valence electrons. The van der Waals surface area contributed by atoms with Crippen LogP contribution in [0.1, 0.15) is 16.7 Å². The van der Waals surface area contributed by atoms with Gasteiger partial charge in [-0.1, -0.05) is 0 Å². The van der Waals surface area contributed by atoms with Crippen LogP contribution in [0.3, 0.4) is 0 Å². The third-order valence-corrected chi connectivity index (χ3v) is 4.11. The van der Waals surface area contributed by atoms with Crippen molar-refractivity contribution in [2.24, 2.45) is 0 Å². The Kier molecular flexibility index (Phi) is 3.61. The monoisotopic (exact) mass is 245 g/mol. The Hall–Kier alpha value is -0.160. The van der Waals surface area contributed by atoms with Crippen molar-refractivity contribution in [2.75, 3.05) is 33.7 Å². The summed E-state index contributed by atoms with van der Waals surface area (Å²) < 4.78 is 0. The predicted molar refractivity (Wildman–Crippen MR) is 64.5 cm³/mol. The minimum absolute atomic E-state index is 0.436. The van der Waals surface area contributed by atoms with Crippen molar-refractivity contribution in [1.29, 1.82) is 0 Å². The molecule has 0 spiro atoms. The van der Waals surface area contributed by atoms with Crippen LogP contribution in [-0.2, 0) is 5.88 Å². The largest absolute Gasteiger partial charge is 0.303 e. The van der Waals surface area contributed by atoms with Gasteiger partial charge in [0.15, 0.2) is 0 Å². The topological polar surface area (TPSA) is 19.4 Å². The van der Waals surface area contributed by atoms with Gasteiger partial charge in [-0.15, -0.1) is 22.9 Å². The highest BCUT2D eigenvalue weighted by atomic mass is 35.5. The molecule has 1 aliphatic heterocycles. The van der Waals surface area contributed by atoms with Crippen molar-refractivity contribution in [1.82, 2.24) is 14.8 Å². The second-order valence-electron chi connectivity index (χ2n) is 4.07. The second kappa shape index (κ2) is 4.78. The number of rotatable bonds is 2. The molecule has 1 fully saturated rings. The Labute approximate surface area is 99.7 Å². The van der Waals surface area contributed by atoms with Crippen LogP contribution < -0.4 is 0 Å². The molecular formula is C10H16ClN3S. The molecule has 3 nitrogen and oxygen atoms in total. The van der Waals surface area contributed by atoms with E-state index in [2.05, 4.69) is 34.3 Å². The summed E-state index contributed by atoms with van der Waals surface area (Å²) in [6.07, 6.45) is 0. The molecule has 0 bridgehead atoms. The van der Waals surface area contributed by atoms with Gasteiger partial charge in [0.05, 0.1) is 17.6 Å². The molecule has 0 amide bonds. The Morgan fingerprint density at radius 2 is 2.33 bits per heavy atom. The van der Waals surface area contributed by atoms with Gasteiger partial charge in [0.1, 0.15) is 5.01 Å². The van der Waals surface area contributed by atoms with Gasteiger partial charge in [-0.2, -0.15) is 0 Å². The predicted octanol–water partition coefficient (Wildman–Crippen LogP) is 1.80. The van der Waals surface area contributed by atoms with Crippen molar-refractivity contribution < 1.29 is 0 Å². The lowest BCUT2D eigenvalue weighted by molar-refractivity contribution is 0.115. The fraction of sp³-hybridized carbons (Fsp3) is 0.700. The van der Waals surface area contributed by atoms with E-state index in [4.69, 9.17) is 11.6 Å². The first-order valence-corrected chi connectivity index (χ1v) is 6.51. The highest BCUT2D eigenvalue weighted by molar-refractivity contribution is 7.09. The summed E-state index contributed by atoms with van der Waals surface area (Å²) in [6, 6.07) is 0.436. The van der Waals surface area contributed by atoms with Gasteiger partial charge < -0.3 is 4.90 Å². The molecule has 15 heavy (non-hydrogen) atoms. The fourth-order valence-electron chi connectivity index (χ4n) is 1.81. The lowest BCUT2D eigenvalue weighted by Gasteiger charge is -2.36. The average molecular weight is 246 g/mol. The van der Waals surface area contributed by atoms with Gasteiger partial charge in [0, 0.05) is 25.0 Å². The molecule has 0 aromatic carbocycles. The average Bonchev–Trinajstić information content (AvgIpc) is 2.70. The first-order valence-electron chi connectivity index (χ1n) is 5.09. The normalized spacial score (nSPS) is 24.6. The summed E-state index contributed by atoms with van der Waals surface area (Å²) in [4.78, 5) is 9.28. The lowest BCUT2D eigenvalue weighted by atomic mass is 10.2. The van der Waals surface area contributed by atoms with Gasteiger partial charge in [-0.05, 0) is 14.1 Å². The second-order valence-corrected chi connectivity index (χ2v) is 5.23. The van der Waals surface area contributed by atoms with E-state index in [9.17, 15) is 0 Å². The number of piperazine rings is 1. The van der Waals surface area contributed by atoms with Crippen molar-refractivity contribution in [3.8, 4) is 0 Å². The van der Waals surface area contributed by atoms with E-state index < -0.39 is 0 Å². The van der Waals surface area contributed by atoms with E-state index in [1.54, 1.807) is 11.3 Å². The minimum atomic E-state index is 0.436. The zero-order valence-electron chi connectivity index (χ0n) is 9.11. The van der Waals surface area contributed by atoms with E-state index >= 15 is 0 Å². The summed E-state index contributed by atoms with van der Waals surface area (Å²) in [5, 5.41) is 3.25. The fourth-order valence-corrected chi connectivity index (χ4v) is 3.02. The van der Waals surface area contributed by atoms with Crippen molar-refractivity contribution in [2.45, 2.75) is 11.9 Å². The number of hydrogen-bond donors (Lipinski definition) is 0. The van der Waals surface area contributed by atoms with Crippen molar-refractivity contribution >= 4 is 22.9 Å². The summed E-state index contributed by atoms with van der Waals surface area (Å²) >= 11 is 7.49. The number of nitrogens with zero attached hydrogens (tertiary/aromatic N) is 3. The number of thiazole rings is 1. The van der Waals surface area contributed by atoms with Crippen LogP contribution in [0.2, 0.25) is 0 Å². The first kappa shape index (κ1) is 11.3. The van der Waals surface area contributed by atoms with Crippen LogP contribution in [0.15, 0.2) is 5.38 Å². The van der Waals surface area contributed by atoms with Gasteiger partial charge >= 0.3 is 0 Å². The van der Waals surface area contributed by atoms with Crippen LogP contribution in [0.25, 0.3) is 0 Å². The van der Waals surface area contributed by atoms with Crippen LogP contribution in [-0.4, -0.2) is 48.5 Å². The van der Waals surface area contributed by atoms with Crippen LogP contribution in [0.4, 0.5) is 0 Å². The maximum absolute atomic E-state index is 5.76. The van der Waals surface area contributed by atoms with Crippen molar-refractivity contribution in [3.05, 3.63) is 16.1 Å². The molecule has 5 heteroatoms. The molecule has 1 atom stereocenters. The van der Waals surface area contributed by atoms with Gasteiger partial charge in [-0.25, -0.2) is 4.98 Å². The van der Waals surface area contributed by atoms with Crippen LogP contribution in [0, 0.1) is 0 Å². The number of aromatic nitrogens is 1. The van der Waals surface area contributed by atoms with Gasteiger partial charge in [0.25, 0.3) is 0 Å². The minimum Gasteiger partial charge on any atom is -0.303 e. The Morgan fingerprint density at radius 1 is 1.53 bits per heavy atom. The molecule has 1 aromatic rings. The lowest BCUT2D eigenvalue weighted by Crippen LogP contribution is -2.44. The molecule has 2 rings (SSSR count). The van der Waals surface area contributed by atoms with E-state index in [-0.39, 0.29) is 0 Å². The highest BCUT2D eigenvalue weighted by Crippen LogP contribution is 2.26. The molecule has 1 saturated heterocycles. The zero-order valence-corrected chi connectivity index (χ0v) is 10.7. The zero-order chi connectivity index (χ0) is 10.8. The Morgan fingerprint density at radius 3 is 3.00 bits per heavy atom. The number of halogens is 1. The molecule has 0 saturated carbocycles. The van der Waals surface area contributed by atoms with Crippen LogP contribution >= 0.6 is 22.9 Å². The summed E-state index contributed by atoms with van der Waals surface area (Å²) in [6.45, 7) is 3.31. The van der Waals surface area contributed by atoms with Gasteiger partial charge in [0.2, 0.25) is 0 Å². The highest BCUT2D eigenvalue weighted by Gasteiger charge is 2.25. The molecule has 0 N–H and O–H groups in total. The van der Waals surface area contributed by atoms with E-state index in [0.29, 0.717) is 11.9 Å². The first-order chi connectivity index (χ1) is 7.20. The van der Waals surface area contributed by atoms with E-state index in [0.717, 1.165) is 25.3 Å². The number of hydrogen-bond acceptors (Lipinski definition) is 4. The third kappa shape index (κ3) is 2.50. The molecule has 0 aliphatic carbocycles. The molecule has 1 aromatic heterocycles. The number of alkyl halides is 1. The summed E-state index contributed by atoms with van der Waals surface area (Å²) in [5.41, 5.74) is 0.998. The summed E-state index contributed by atoms with van der Waals surface area (Å²) in [7, 11) is 4.33. The smallest absolute Gasteiger partial charge is 0.111 e. The van der Waals surface area contributed by atoms with Crippen molar-refractivity contribution in [3.63, 3.8) is 0 Å². The molecular weight excluding hydrogens is 230 g/mol. The molecule has 2 heterocycles. The quantitative estimate of drug-likeness (QED) is 0.741. The Balaban J connectivity index is 2.13. The van der Waals surface area contributed by atoms with E-state index in [1.165, 1.54) is 5.01 Å². The Bertz CT molecular complexity index is 328. The maximum atomic E-state index is 5.76. The molecule has 1 unspecified atom stereocenters. The standard InChI is InChI=1S/C10H16ClN3S/c1-13-3-4-14(2)9(6-13)10-12-8(5-11)7-15-10/h7,9H,3-6H2,1-2H3. The SMILES string of the molecule is CN1CCN(C)C(c2nc(CCl)cs2)C1. The molecule has 0 radical (unpaired) electrons. The maximum Gasteiger partial charge on any atom is 0.111 e. The van der Waals surface area contributed by atoms with Gasteiger partial charge in [-0.3, -0.25) is 4.90 Å². The third-order valence-electron chi connectivity index (χ3n) is 2.84. The number of likely N-dealkylation sites (N-methyl/N-ethyl adjacent to an activating group) is 2. The van der Waals surface area contributed by atoms with E-state index in [1.807, 2.05) is 0 Å². The van der Waals surface area contributed by atoms with Crippen LogP contribution in [0.5, 0.6) is 0 Å². The summed E-state index contributed by atoms with van der Waals surface area (Å²) in [5.74, 6) is 0.517.